The maximum absolute atomic E-state index is 12.6. The molecule has 2 amide bonds. The number of imidazole rings is 1. The molecule has 31 heteroatoms. The predicted molar refractivity (Wildman–Crippen MR) is 220 cm³/mol. The summed E-state index contributed by atoms with van der Waals surface area (Å²) < 4.78 is 60.7. The van der Waals surface area contributed by atoms with Crippen molar-refractivity contribution < 1.29 is 95.5 Å². The van der Waals surface area contributed by atoms with Gasteiger partial charge in [-0.3, -0.25) is 28.1 Å². The molecule has 2 unspecified atom stereocenters. The Morgan fingerprint density at radius 1 is 0.924 bits per heavy atom. The zero-order chi connectivity index (χ0) is 49.3. The van der Waals surface area contributed by atoms with Gasteiger partial charge in [0.1, 0.15) is 36.3 Å². The van der Waals surface area contributed by atoms with E-state index in [0.717, 1.165) is 73.9 Å². The molecule has 376 valence electrons. The lowest BCUT2D eigenvalue weighted by atomic mass is 9.87. The van der Waals surface area contributed by atoms with Crippen LogP contribution in [0.15, 0.2) is 12.7 Å². The first kappa shape index (κ1) is 57.3. The molecule has 0 aromatic carbocycles. The third-order valence-electron chi connectivity index (χ3n) is 9.81. The Morgan fingerprint density at radius 3 is 2.21 bits per heavy atom. The van der Waals surface area contributed by atoms with Crippen LogP contribution in [0, 0.1) is 5.41 Å². The van der Waals surface area contributed by atoms with Crippen LogP contribution in [0.3, 0.4) is 0 Å². The number of thioether (sulfide) groups is 1. The van der Waals surface area contributed by atoms with E-state index in [-0.39, 0.29) is 60.2 Å². The van der Waals surface area contributed by atoms with Crippen molar-refractivity contribution in [2.24, 2.45) is 5.41 Å². The number of unbranched alkanes of at least 4 members (excludes halogenated alkanes) is 7. The molecule has 0 spiro atoms. The quantitative estimate of drug-likeness (QED) is 0.0327. The van der Waals surface area contributed by atoms with Crippen LogP contribution in [0.2, 0.25) is 0 Å². The molecule has 2 aromatic heterocycles. The molecule has 27 nitrogen and oxygen atoms in total. The molecule has 1 aliphatic heterocycles. The molecule has 3 rings (SSSR count). The van der Waals surface area contributed by atoms with Crippen LogP contribution in [0.25, 0.3) is 11.2 Å². The lowest BCUT2D eigenvalue weighted by molar-refractivity contribution is -0.347. The molecular weight excluding hydrogens is 963 g/mol. The average molecular weight is 1020 g/mol. The summed E-state index contributed by atoms with van der Waals surface area (Å²) in [5, 5.41) is 46.6. The number of phosphoric ester groups is 3. The summed E-state index contributed by atoms with van der Waals surface area (Å²) in [5.41, 5.74) is 4.02. The van der Waals surface area contributed by atoms with Gasteiger partial charge < -0.3 is 84.0 Å². The number of aliphatic carboxylic acids is 1. The number of carbonyl (C=O) groups excluding carboxylic acids is 4. The molecule has 66 heavy (non-hydrogen) atoms. The molecule has 1 aliphatic rings. The minimum Gasteiger partial charge on any atom is -0.790 e. The normalized spacial score (nSPS) is 20.6. The first-order valence-electron chi connectivity index (χ1n) is 20.7. The number of nitrogen functional groups attached to an aromatic ring is 1. The van der Waals surface area contributed by atoms with Crippen molar-refractivity contribution >= 4 is 75.1 Å². The fourth-order valence-corrected chi connectivity index (χ4v) is 9.81. The maximum Gasteiger partial charge on any atom is 0.274 e. The smallest absolute Gasteiger partial charge is 0.274 e. The number of nitrogens with two attached hydrogens (primary N) is 1. The number of anilines is 1. The van der Waals surface area contributed by atoms with E-state index in [4.69, 9.17) is 10.5 Å². The van der Waals surface area contributed by atoms with Crippen molar-refractivity contribution in [3.05, 3.63) is 12.7 Å². The Balaban J connectivity index is 1.34. The fourth-order valence-electron chi connectivity index (χ4n) is 6.34. The number of carboxylic acid groups (broad SMARTS) is 1. The Labute approximate surface area is 383 Å². The molecular formula is C35H55N7O20P3S-5. The minimum absolute atomic E-state index is 0.0312. The SMILES string of the molecule is CC(C)(COP(=O)([O-])OP(=O)([O-])OC[C@H]1O[C@@H](n2cnc3c(N)ncnc32)[C@H](O)[C@@H]1OP(=O)([O-])[O-])[C@@H](O)C(=O)NCCC(=O)NCCSC(=O)C[C@@H](O)CCCCCCCCCCC(=O)[O-]. The topological polar surface area (TPSA) is 435 Å². The minimum atomic E-state index is -5.94. The summed E-state index contributed by atoms with van der Waals surface area (Å²) in [4.78, 5) is 107. The summed E-state index contributed by atoms with van der Waals surface area (Å²) in [6.07, 6.45) is -0.923. The number of aromatic nitrogens is 4. The van der Waals surface area contributed by atoms with E-state index >= 15 is 0 Å². The monoisotopic (exact) mass is 1020 g/mol. The second-order valence-corrected chi connectivity index (χ2v) is 21.0. The van der Waals surface area contributed by atoms with E-state index in [1.165, 1.54) is 13.8 Å². The van der Waals surface area contributed by atoms with Crippen molar-refractivity contribution in [3.63, 3.8) is 0 Å². The summed E-state index contributed by atoms with van der Waals surface area (Å²) in [7, 11) is -17.7. The number of carboxylic acids is 1. The number of rotatable bonds is 32. The third-order valence-corrected chi connectivity index (χ3v) is 13.7. The van der Waals surface area contributed by atoms with Crippen LogP contribution in [0.5, 0.6) is 0 Å². The molecule has 1 saturated heterocycles. The zero-order valence-corrected chi connectivity index (χ0v) is 39.5. The molecule has 2 aromatic rings. The highest BCUT2D eigenvalue weighted by Crippen LogP contribution is 2.56. The van der Waals surface area contributed by atoms with Gasteiger partial charge in [0, 0.05) is 43.1 Å². The van der Waals surface area contributed by atoms with Gasteiger partial charge >= 0.3 is 0 Å². The lowest BCUT2D eigenvalue weighted by Crippen LogP contribution is -2.46. The van der Waals surface area contributed by atoms with Gasteiger partial charge in [-0.25, -0.2) is 19.3 Å². The zero-order valence-electron chi connectivity index (χ0n) is 36.0. The Hall–Kier alpha value is -3.01. The van der Waals surface area contributed by atoms with E-state index in [1.54, 1.807) is 0 Å². The Morgan fingerprint density at radius 2 is 1.56 bits per heavy atom. The summed E-state index contributed by atoms with van der Waals surface area (Å²) in [5.74, 6) is -2.45. The van der Waals surface area contributed by atoms with Crippen LogP contribution < -0.4 is 41.0 Å². The van der Waals surface area contributed by atoms with Crippen LogP contribution in [0.4, 0.5) is 5.82 Å². The van der Waals surface area contributed by atoms with Crippen molar-refractivity contribution in [1.29, 1.82) is 0 Å². The van der Waals surface area contributed by atoms with Gasteiger partial charge in [0.05, 0.1) is 33.5 Å². The molecule has 0 saturated carbocycles. The number of carbonyl (C=O) groups is 4. The van der Waals surface area contributed by atoms with Crippen molar-refractivity contribution in [3.8, 4) is 0 Å². The van der Waals surface area contributed by atoms with Gasteiger partial charge in [-0.2, -0.15) is 0 Å². The number of hydrogen-bond acceptors (Lipinski definition) is 25. The molecule has 0 bridgehead atoms. The van der Waals surface area contributed by atoms with Crippen LogP contribution in [-0.2, 0) is 55.5 Å². The van der Waals surface area contributed by atoms with Crippen LogP contribution in [-0.4, -0.2) is 120 Å². The highest BCUT2D eigenvalue weighted by Gasteiger charge is 2.47. The first-order chi connectivity index (χ1) is 30.8. The standard InChI is InChI=1S/C35H60N7O20P3S/c1-35(2,30(49)33(50)38-14-13-24(44)37-15-16-66-26(47)17-22(43)11-9-7-5-3-4-6-8-10-12-25(45)46)19-59-65(56,57)62-64(54,55)58-18-23-29(61-63(51,52)53)28(48)34(60-23)42-21-41-27-31(36)39-20-40-32(27)42/h20-23,28-30,34,43,48-49H,3-19H2,1-2H3,(H,37,44)(H,38,50)(H,45,46)(H,54,55)(H,56,57)(H2,36,39,40)(H2,51,52,53)/p-5/t22-,23+,28+,29+,30-,34+/m0/s1. The number of nitrogens with one attached hydrogen (secondary N) is 2. The highest BCUT2D eigenvalue weighted by atomic mass is 32.2. The fraction of sp³-hybridized carbons (Fsp3) is 0.743. The first-order valence-corrected chi connectivity index (χ1v) is 26.0. The maximum atomic E-state index is 12.6. The number of phosphoric acid groups is 3. The largest absolute Gasteiger partial charge is 0.790 e. The van der Waals surface area contributed by atoms with Gasteiger partial charge in [0.2, 0.25) is 11.8 Å². The van der Waals surface area contributed by atoms with Gasteiger partial charge in [0.15, 0.2) is 22.8 Å². The van der Waals surface area contributed by atoms with E-state index in [9.17, 15) is 72.9 Å². The van der Waals surface area contributed by atoms with Crippen LogP contribution >= 0.6 is 35.2 Å². The molecule has 0 aliphatic carbocycles. The van der Waals surface area contributed by atoms with E-state index in [0.29, 0.717) is 12.8 Å². The van der Waals surface area contributed by atoms with E-state index in [2.05, 4.69) is 43.5 Å². The van der Waals surface area contributed by atoms with Gasteiger partial charge in [-0.05, 0) is 19.3 Å². The number of ether oxygens (including phenoxy) is 1. The van der Waals surface area contributed by atoms with Gasteiger partial charge in [-0.1, -0.05) is 70.6 Å². The molecule has 7 N–H and O–H groups in total. The number of hydrogen-bond donors (Lipinski definition) is 6. The Kier molecular flexibility index (Phi) is 23.2. The van der Waals surface area contributed by atoms with E-state index in [1.807, 2.05) is 0 Å². The predicted octanol–water partition coefficient (Wildman–Crippen LogP) is -2.46. The molecule has 0 radical (unpaired) electrons. The van der Waals surface area contributed by atoms with Crippen molar-refractivity contribution in [2.45, 2.75) is 128 Å². The van der Waals surface area contributed by atoms with Crippen LogP contribution in [0.1, 0.15) is 97.1 Å². The number of nitrogens with zero attached hydrogens (tertiary/aromatic N) is 4. The average Bonchev–Trinajstić information content (AvgIpc) is 3.78. The summed E-state index contributed by atoms with van der Waals surface area (Å²) in [6.45, 7) is -0.105. The number of amides is 2. The number of fused-ring (bicyclic) bond motifs is 1. The molecule has 8 atom stereocenters. The number of aliphatic hydroxyl groups excluding tert-OH is 3. The third kappa shape index (κ3) is 20.3. The highest BCUT2D eigenvalue weighted by molar-refractivity contribution is 8.13. The second kappa shape index (κ2) is 26.7. The number of aliphatic hydroxyl groups is 3. The molecule has 1 fully saturated rings. The van der Waals surface area contributed by atoms with Gasteiger partial charge in [-0.15, -0.1) is 0 Å². The summed E-state index contributed by atoms with van der Waals surface area (Å²) >= 11 is 0.945. The van der Waals surface area contributed by atoms with E-state index < -0.39 is 96.6 Å². The Bertz CT molecular complexity index is 2060. The van der Waals surface area contributed by atoms with Crippen molar-refractivity contribution in [2.75, 3.05) is 37.8 Å². The second-order valence-electron chi connectivity index (χ2n) is 15.8. The molecule has 3 heterocycles. The van der Waals surface area contributed by atoms with Crippen molar-refractivity contribution in [1.82, 2.24) is 30.2 Å². The summed E-state index contributed by atoms with van der Waals surface area (Å²) in [6, 6.07) is 0. The lowest BCUT2D eigenvalue weighted by Gasteiger charge is -2.36. The van der Waals surface area contributed by atoms with Gasteiger partial charge in [0.25, 0.3) is 15.6 Å².